The van der Waals surface area contributed by atoms with Gasteiger partial charge in [0.25, 0.3) is 5.78 Å². The third-order valence-corrected chi connectivity index (χ3v) is 4.93. The highest BCUT2D eigenvalue weighted by Gasteiger charge is 2.24. The Hall–Kier alpha value is -2.84. The van der Waals surface area contributed by atoms with Crippen LogP contribution in [0.3, 0.4) is 0 Å². The van der Waals surface area contributed by atoms with Gasteiger partial charge in [-0.1, -0.05) is 13.3 Å². The molecule has 1 saturated heterocycles. The minimum atomic E-state index is 0.667. The first-order chi connectivity index (χ1) is 12.6. The van der Waals surface area contributed by atoms with Crippen LogP contribution in [0.25, 0.3) is 5.78 Å². The molecule has 0 bridgehead atoms. The SMILES string of the molecule is CCCc1cc(N2CCN(c3c(N)c(C)nn3C)CC2)n2ncnc2n1. The molecule has 4 heterocycles. The highest BCUT2D eigenvalue weighted by atomic mass is 15.4. The molecule has 0 amide bonds. The topological polar surface area (TPSA) is 93.4 Å². The van der Waals surface area contributed by atoms with Crippen molar-refractivity contribution in [2.45, 2.75) is 26.7 Å². The molecule has 9 heteroatoms. The molecule has 2 N–H and O–H groups in total. The number of piperazine rings is 1. The molecule has 4 rings (SSSR count). The maximum atomic E-state index is 6.22. The minimum absolute atomic E-state index is 0.667. The summed E-state index contributed by atoms with van der Waals surface area (Å²) in [5.41, 5.74) is 8.95. The van der Waals surface area contributed by atoms with Crippen LogP contribution in [-0.4, -0.2) is 55.5 Å². The van der Waals surface area contributed by atoms with Crippen molar-refractivity contribution in [1.82, 2.24) is 29.4 Å². The second-order valence-electron chi connectivity index (χ2n) is 6.75. The van der Waals surface area contributed by atoms with Gasteiger partial charge >= 0.3 is 0 Å². The molecule has 0 radical (unpaired) electrons. The normalized spacial score (nSPS) is 15.2. The number of aryl methyl sites for hydroxylation is 3. The Morgan fingerprint density at radius 2 is 1.88 bits per heavy atom. The van der Waals surface area contributed by atoms with Crippen LogP contribution in [-0.2, 0) is 13.5 Å². The molecule has 0 spiro atoms. The zero-order chi connectivity index (χ0) is 18.3. The first kappa shape index (κ1) is 16.6. The van der Waals surface area contributed by atoms with E-state index in [0.717, 1.165) is 67.7 Å². The Labute approximate surface area is 152 Å². The third-order valence-electron chi connectivity index (χ3n) is 4.93. The first-order valence-electron chi connectivity index (χ1n) is 9.07. The number of nitrogen functional groups attached to an aromatic ring is 1. The lowest BCUT2D eigenvalue weighted by Gasteiger charge is -2.37. The van der Waals surface area contributed by atoms with Crippen LogP contribution in [0.1, 0.15) is 24.7 Å². The van der Waals surface area contributed by atoms with Crippen LogP contribution in [0, 0.1) is 6.92 Å². The van der Waals surface area contributed by atoms with Gasteiger partial charge in [0.05, 0.1) is 11.4 Å². The van der Waals surface area contributed by atoms with Crippen molar-refractivity contribution in [2.24, 2.45) is 7.05 Å². The van der Waals surface area contributed by atoms with Crippen molar-refractivity contribution in [2.75, 3.05) is 41.7 Å². The average molecular weight is 355 g/mol. The fraction of sp³-hybridized carbons (Fsp3) is 0.529. The highest BCUT2D eigenvalue weighted by molar-refractivity contribution is 5.66. The first-order valence-corrected chi connectivity index (χ1v) is 9.07. The number of hydrogen-bond donors (Lipinski definition) is 1. The van der Waals surface area contributed by atoms with Crippen molar-refractivity contribution < 1.29 is 0 Å². The molecule has 9 nitrogen and oxygen atoms in total. The average Bonchev–Trinajstić information content (AvgIpc) is 3.19. The van der Waals surface area contributed by atoms with Gasteiger partial charge in [0.1, 0.15) is 12.1 Å². The van der Waals surface area contributed by atoms with Crippen LogP contribution in [0.2, 0.25) is 0 Å². The molecule has 26 heavy (non-hydrogen) atoms. The van der Waals surface area contributed by atoms with Crippen molar-refractivity contribution >= 4 is 23.1 Å². The molecule has 0 aromatic carbocycles. The smallest absolute Gasteiger partial charge is 0.254 e. The van der Waals surface area contributed by atoms with E-state index < -0.39 is 0 Å². The lowest BCUT2D eigenvalue weighted by Crippen LogP contribution is -2.48. The summed E-state index contributed by atoms with van der Waals surface area (Å²) in [5.74, 6) is 2.74. The Balaban J connectivity index is 1.58. The van der Waals surface area contributed by atoms with E-state index in [-0.39, 0.29) is 0 Å². The largest absolute Gasteiger partial charge is 0.394 e. The molecular formula is C17H25N9. The number of aromatic nitrogens is 6. The predicted molar refractivity (Wildman–Crippen MR) is 102 cm³/mol. The molecular weight excluding hydrogens is 330 g/mol. The van der Waals surface area contributed by atoms with E-state index in [1.807, 2.05) is 23.2 Å². The lowest BCUT2D eigenvalue weighted by atomic mass is 10.2. The molecule has 0 saturated carbocycles. The lowest BCUT2D eigenvalue weighted by molar-refractivity contribution is 0.614. The van der Waals surface area contributed by atoms with Gasteiger partial charge in [-0.25, -0.2) is 4.98 Å². The Kier molecular flexibility index (Phi) is 4.14. The van der Waals surface area contributed by atoms with E-state index in [2.05, 4.69) is 43.0 Å². The van der Waals surface area contributed by atoms with Gasteiger partial charge in [0, 0.05) is 45.0 Å². The van der Waals surface area contributed by atoms with Crippen LogP contribution in [0.4, 0.5) is 17.3 Å². The standard InChI is InChI=1S/C17H25N9/c1-4-5-13-10-14(26-17(21-13)19-11-20-26)24-6-8-25(9-7-24)16-15(18)12(2)22-23(16)3/h10-11H,4-9,18H2,1-3H3. The number of hydrogen-bond acceptors (Lipinski definition) is 7. The summed E-state index contributed by atoms with van der Waals surface area (Å²) in [7, 11) is 1.95. The summed E-state index contributed by atoms with van der Waals surface area (Å²) in [6, 6.07) is 2.14. The van der Waals surface area contributed by atoms with Crippen LogP contribution in [0.15, 0.2) is 12.4 Å². The van der Waals surface area contributed by atoms with Gasteiger partial charge in [-0.15, -0.1) is 0 Å². The van der Waals surface area contributed by atoms with Crippen LogP contribution >= 0.6 is 0 Å². The number of nitrogens with two attached hydrogens (primary N) is 1. The summed E-state index contributed by atoms with van der Waals surface area (Å²) >= 11 is 0. The van der Waals surface area contributed by atoms with Gasteiger partial charge < -0.3 is 15.5 Å². The van der Waals surface area contributed by atoms with Crippen LogP contribution < -0.4 is 15.5 Å². The highest BCUT2D eigenvalue weighted by Crippen LogP contribution is 2.27. The quantitative estimate of drug-likeness (QED) is 0.747. The Bertz CT molecular complexity index is 918. The van der Waals surface area contributed by atoms with Crippen molar-refractivity contribution in [1.29, 1.82) is 0 Å². The predicted octanol–water partition coefficient (Wildman–Crippen LogP) is 1.03. The number of anilines is 3. The Morgan fingerprint density at radius 3 is 2.54 bits per heavy atom. The fourth-order valence-electron chi connectivity index (χ4n) is 3.64. The van der Waals surface area contributed by atoms with Gasteiger partial charge in [-0.3, -0.25) is 4.68 Å². The maximum Gasteiger partial charge on any atom is 0.254 e. The maximum absolute atomic E-state index is 6.22. The molecule has 1 fully saturated rings. The Morgan fingerprint density at radius 1 is 1.15 bits per heavy atom. The van der Waals surface area contributed by atoms with E-state index in [1.165, 1.54) is 0 Å². The molecule has 3 aromatic rings. The van der Waals surface area contributed by atoms with Crippen molar-refractivity contribution in [3.8, 4) is 0 Å². The van der Waals surface area contributed by atoms with Crippen LogP contribution in [0.5, 0.6) is 0 Å². The van der Waals surface area contributed by atoms with Gasteiger partial charge in [-0.2, -0.15) is 19.7 Å². The van der Waals surface area contributed by atoms with E-state index in [1.54, 1.807) is 6.33 Å². The second kappa shape index (κ2) is 6.47. The monoisotopic (exact) mass is 355 g/mol. The van der Waals surface area contributed by atoms with E-state index in [4.69, 9.17) is 5.73 Å². The zero-order valence-electron chi connectivity index (χ0n) is 15.6. The number of fused-ring (bicyclic) bond motifs is 1. The van der Waals surface area contributed by atoms with Gasteiger partial charge in [-0.05, 0) is 13.3 Å². The number of rotatable bonds is 4. The van der Waals surface area contributed by atoms with E-state index in [0.29, 0.717) is 5.78 Å². The van der Waals surface area contributed by atoms with Gasteiger partial charge in [0.15, 0.2) is 5.82 Å². The number of nitrogens with zero attached hydrogens (tertiary/aromatic N) is 8. The fourth-order valence-corrected chi connectivity index (χ4v) is 3.64. The summed E-state index contributed by atoms with van der Waals surface area (Å²) < 4.78 is 3.71. The van der Waals surface area contributed by atoms with E-state index >= 15 is 0 Å². The second-order valence-corrected chi connectivity index (χ2v) is 6.75. The third kappa shape index (κ3) is 2.73. The molecule has 138 valence electrons. The molecule has 0 unspecified atom stereocenters. The van der Waals surface area contributed by atoms with Gasteiger partial charge in [0.2, 0.25) is 0 Å². The van der Waals surface area contributed by atoms with Crippen molar-refractivity contribution in [3.05, 3.63) is 23.8 Å². The molecule has 0 atom stereocenters. The van der Waals surface area contributed by atoms with E-state index in [9.17, 15) is 0 Å². The molecule has 1 aliphatic heterocycles. The minimum Gasteiger partial charge on any atom is -0.394 e. The molecule has 3 aromatic heterocycles. The summed E-state index contributed by atoms with van der Waals surface area (Å²) in [6.07, 6.45) is 3.57. The van der Waals surface area contributed by atoms with Crippen molar-refractivity contribution in [3.63, 3.8) is 0 Å². The molecule has 0 aliphatic carbocycles. The summed E-state index contributed by atoms with van der Waals surface area (Å²) in [6.45, 7) is 7.63. The molecule has 1 aliphatic rings. The summed E-state index contributed by atoms with van der Waals surface area (Å²) in [5, 5.41) is 8.79. The summed E-state index contributed by atoms with van der Waals surface area (Å²) in [4.78, 5) is 13.5. The zero-order valence-corrected chi connectivity index (χ0v) is 15.6.